The highest BCUT2D eigenvalue weighted by Gasteiger charge is 2.15. The second kappa shape index (κ2) is 10.6. The highest BCUT2D eigenvalue weighted by Crippen LogP contribution is 2.14. The molecule has 0 bridgehead atoms. The SMILES string of the molecule is COc1ccc(CCNC(=O)[C@@H](C)SCC(=O)Nc2ccc(F)cc2)cc1. The van der Waals surface area contributed by atoms with Crippen LogP contribution in [0.3, 0.4) is 0 Å². The normalized spacial score (nSPS) is 11.5. The molecule has 0 saturated carbocycles. The van der Waals surface area contributed by atoms with E-state index in [4.69, 9.17) is 4.74 Å². The number of anilines is 1. The quantitative estimate of drug-likeness (QED) is 0.690. The first kappa shape index (κ1) is 20.8. The van der Waals surface area contributed by atoms with Crippen LogP contribution < -0.4 is 15.4 Å². The average Bonchev–Trinajstić information content (AvgIpc) is 2.68. The fraction of sp³-hybridized carbons (Fsp3) is 0.300. The van der Waals surface area contributed by atoms with Crippen molar-refractivity contribution in [3.05, 3.63) is 59.9 Å². The zero-order chi connectivity index (χ0) is 19.6. The molecule has 0 aliphatic heterocycles. The fourth-order valence-corrected chi connectivity index (χ4v) is 2.98. The Balaban J connectivity index is 1.66. The summed E-state index contributed by atoms with van der Waals surface area (Å²) in [6.07, 6.45) is 0.720. The highest BCUT2D eigenvalue weighted by molar-refractivity contribution is 8.01. The summed E-state index contributed by atoms with van der Waals surface area (Å²) in [5.74, 6) is 0.242. The largest absolute Gasteiger partial charge is 0.497 e. The number of thioether (sulfide) groups is 1. The topological polar surface area (TPSA) is 67.4 Å². The number of hydrogen-bond acceptors (Lipinski definition) is 4. The Hall–Kier alpha value is -2.54. The summed E-state index contributed by atoms with van der Waals surface area (Å²) < 4.78 is 18.0. The predicted octanol–water partition coefficient (Wildman–Crippen LogP) is 3.25. The summed E-state index contributed by atoms with van der Waals surface area (Å²) >= 11 is 1.25. The van der Waals surface area contributed by atoms with Gasteiger partial charge in [0.05, 0.1) is 18.1 Å². The van der Waals surface area contributed by atoms with Crippen LogP contribution in [0, 0.1) is 5.82 Å². The third-order valence-electron chi connectivity index (χ3n) is 3.83. The Morgan fingerprint density at radius 2 is 1.78 bits per heavy atom. The number of ether oxygens (including phenoxy) is 1. The minimum absolute atomic E-state index is 0.108. The van der Waals surface area contributed by atoms with Crippen molar-refractivity contribution in [2.75, 3.05) is 24.7 Å². The second-order valence-electron chi connectivity index (χ2n) is 5.90. The van der Waals surface area contributed by atoms with Gasteiger partial charge < -0.3 is 15.4 Å². The highest BCUT2D eigenvalue weighted by atomic mass is 32.2. The van der Waals surface area contributed by atoms with Gasteiger partial charge in [-0.3, -0.25) is 9.59 Å². The molecule has 0 radical (unpaired) electrons. The Morgan fingerprint density at radius 3 is 2.41 bits per heavy atom. The van der Waals surface area contributed by atoms with Crippen molar-refractivity contribution in [2.45, 2.75) is 18.6 Å². The van der Waals surface area contributed by atoms with Gasteiger partial charge in [0, 0.05) is 12.2 Å². The summed E-state index contributed by atoms with van der Waals surface area (Å²) in [6.45, 7) is 2.29. The van der Waals surface area contributed by atoms with Crippen LogP contribution in [0.15, 0.2) is 48.5 Å². The maximum absolute atomic E-state index is 12.8. The van der Waals surface area contributed by atoms with Gasteiger partial charge in [-0.05, 0) is 55.3 Å². The van der Waals surface area contributed by atoms with Gasteiger partial charge in [-0.1, -0.05) is 12.1 Å². The average molecular weight is 390 g/mol. The van der Waals surface area contributed by atoms with Crippen LogP contribution in [0.5, 0.6) is 5.75 Å². The number of methoxy groups -OCH3 is 1. The van der Waals surface area contributed by atoms with Gasteiger partial charge in [0.1, 0.15) is 11.6 Å². The van der Waals surface area contributed by atoms with Crippen LogP contribution in [0.1, 0.15) is 12.5 Å². The van der Waals surface area contributed by atoms with E-state index in [-0.39, 0.29) is 28.6 Å². The van der Waals surface area contributed by atoms with Gasteiger partial charge in [-0.15, -0.1) is 11.8 Å². The van der Waals surface area contributed by atoms with Gasteiger partial charge in [0.15, 0.2) is 0 Å². The van der Waals surface area contributed by atoms with Gasteiger partial charge in [-0.2, -0.15) is 0 Å². The third-order valence-corrected chi connectivity index (χ3v) is 4.98. The molecule has 0 saturated heterocycles. The first-order valence-electron chi connectivity index (χ1n) is 8.55. The van der Waals surface area contributed by atoms with E-state index in [1.807, 2.05) is 24.3 Å². The summed E-state index contributed by atoms with van der Waals surface area (Å²) in [4.78, 5) is 24.0. The molecule has 2 N–H and O–H groups in total. The van der Waals surface area contributed by atoms with Gasteiger partial charge >= 0.3 is 0 Å². The molecule has 0 aromatic heterocycles. The predicted molar refractivity (Wildman–Crippen MR) is 107 cm³/mol. The molecule has 7 heteroatoms. The maximum Gasteiger partial charge on any atom is 0.234 e. The standard InChI is InChI=1S/C20H23FN2O3S/c1-14(27-13-19(24)23-17-7-5-16(21)6-8-17)20(25)22-12-11-15-3-9-18(26-2)10-4-15/h3-10,14H,11-13H2,1-2H3,(H,22,25)(H,23,24)/t14-/m1/s1. The molecule has 0 spiro atoms. The monoisotopic (exact) mass is 390 g/mol. The number of rotatable bonds is 9. The molecule has 0 aliphatic rings. The molecular formula is C20H23FN2O3S. The summed E-state index contributed by atoms with van der Waals surface area (Å²) in [7, 11) is 1.62. The lowest BCUT2D eigenvalue weighted by Gasteiger charge is -2.12. The molecule has 2 rings (SSSR count). The van der Waals surface area contributed by atoms with Crippen LogP contribution in [0.4, 0.5) is 10.1 Å². The van der Waals surface area contributed by atoms with Crippen molar-refractivity contribution in [3.63, 3.8) is 0 Å². The molecule has 0 aliphatic carbocycles. The van der Waals surface area contributed by atoms with E-state index in [0.29, 0.717) is 12.2 Å². The van der Waals surface area contributed by atoms with E-state index in [9.17, 15) is 14.0 Å². The minimum atomic E-state index is -0.359. The van der Waals surface area contributed by atoms with Gasteiger partial charge in [0.2, 0.25) is 11.8 Å². The molecule has 144 valence electrons. The first-order chi connectivity index (χ1) is 13.0. The Morgan fingerprint density at radius 1 is 1.11 bits per heavy atom. The number of halogens is 1. The summed E-state index contributed by atoms with van der Waals surface area (Å²) in [5.41, 5.74) is 1.63. The summed E-state index contributed by atoms with van der Waals surface area (Å²) in [5, 5.41) is 5.20. The van der Waals surface area contributed by atoms with Crippen LogP contribution in [0.25, 0.3) is 0 Å². The van der Waals surface area contributed by atoms with E-state index in [1.54, 1.807) is 14.0 Å². The molecule has 5 nitrogen and oxygen atoms in total. The van der Waals surface area contributed by atoms with Crippen molar-refractivity contribution in [1.29, 1.82) is 0 Å². The van der Waals surface area contributed by atoms with Crippen molar-refractivity contribution in [1.82, 2.24) is 5.32 Å². The van der Waals surface area contributed by atoms with Crippen molar-refractivity contribution >= 4 is 29.3 Å². The van der Waals surface area contributed by atoms with E-state index in [0.717, 1.165) is 17.7 Å². The number of nitrogens with one attached hydrogen (secondary N) is 2. The molecule has 1 atom stereocenters. The maximum atomic E-state index is 12.8. The third kappa shape index (κ3) is 7.30. The Labute approximate surface area is 162 Å². The number of hydrogen-bond donors (Lipinski definition) is 2. The van der Waals surface area contributed by atoms with Crippen molar-refractivity contribution in [3.8, 4) is 5.75 Å². The number of amides is 2. The summed E-state index contributed by atoms with van der Waals surface area (Å²) in [6, 6.07) is 13.2. The Bertz CT molecular complexity index is 751. The molecule has 2 amide bonds. The number of benzene rings is 2. The van der Waals surface area contributed by atoms with E-state index in [2.05, 4.69) is 10.6 Å². The molecular weight excluding hydrogens is 367 g/mol. The van der Waals surface area contributed by atoms with Crippen LogP contribution in [-0.4, -0.2) is 36.5 Å². The lowest BCUT2D eigenvalue weighted by atomic mass is 10.1. The zero-order valence-electron chi connectivity index (χ0n) is 15.3. The number of carbonyl (C=O) groups excluding carboxylic acids is 2. The lowest BCUT2D eigenvalue weighted by Crippen LogP contribution is -2.33. The molecule has 0 fully saturated rings. The molecule has 2 aromatic carbocycles. The lowest BCUT2D eigenvalue weighted by molar-refractivity contribution is -0.120. The molecule has 0 heterocycles. The minimum Gasteiger partial charge on any atom is -0.497 e. The van der Waals surface area contributed by atoms with Gasteiger partial charge in [-0.25, -0.2) is 4.39 Å². The molecule has 0 unspecified atom stereocenters. The van der Waals surface area contributed by atoms with Gasteiger partial charge in [0.25, 0.3) is 0 Å². The zero-order valence-corrected chi connectivity index (χ0v) is 16.1. The smallest absolute Gasteiger partial charge is 0.234 e. The first-order valence-corrected chi connectivity index (χ1v) is 9.60. The number of carbonyl (C=O) groups is 2. The fourth-order valence-electron chi connectivity index (χ4n) is 2.27. The van der Waals surface area contributed by atoms with Crippen LogP contribution in [-0.2, 0) is 16.0 Å². The van der Waals surface area contributed by atoms with Crippen LogP contribution >= 0.6 is 11.8 Å². The Kier molecular flexibility index (Phi) is 8.13. The van der Waals surface area contributed by atoms with Crippen molar-refractivity contribution in [2.24, 2.45) is 0 Å². The van der Waals surface area contributed by atoms with Crippen molar-refractivity contribution < 1.29 is 18.7 Å². The van der Waals surface area contributed by atoms with E-state index < -0.39 is 0 Å². The van der Waals surface area contributed by atoms with E-state index in [1.165, 1.54) is 36.0 Å². The second-order valence-corrected chi connectivity index (χ2v) is 7.23. The molecule has 27 heavy (non-hydrogen) atoms. The molecule has 2 aromatic rings. The van der Waals surface area contributed by atoms with E-state index >= 15 is 0 Å². The van der Waals surface area contributed by atoms with Crippen LogP contribution in [0.2, 0.25) is 0 Å².